The summed E-state index contributed by atoms with van der Waals surface area (Å²) in [4.78, 5) is 14.8. The highest BCUT2D eigenvalue weighted by Gasteiger charge is 2.41. The van der Waals surface area contributed by atoms with Crippen molar-refractivity contribution in [3.05, 3.63) is 28.8 Å². The van der Waals surface area contributed by atoms with Gasteiger partial charge in [0.25, 0.3) is 0 Å². The number of amides is 1. The lowest BCUT2D eigenvalue weighted by Gasteiger charge is -2.36. The quantitative estimate of drug-likeness (QED) is 0.598. The second-order valence-corrected chi connectivity index (χ2v) is 11.4. The van der Waals surface area contributed by atoms with Crippen LogP contribution in [0.25, 0.3) is 0 Å². The van der Waals surface area contributed by atoms with Crippen molar-refractivity contribution in [2.75, 3.05) is 19.6 Å². The van der Waals surface area contributed by atoms with E-state index in [2.05, 4.69) is 0 Å². The zero-order valence-corrected chi connectivity index (χ0v) is 19.4. The molecule has 178 valence electrons. The van der Waals surface area contributed by atoms with E-state index in [1.54, 1.807) is 0 Å². The number of benzene rings is 1. The van der Waals surface area contributed by atoms with E-state index in [0.717, 1.165) is 31.5 Å². The van der Waals surface area contributed by atoms with E-state index in [0.29, 0.717) is 30.9 Å². The van der Waals surface area contributed by atoms with Gasteiger partial charge in [0.1, 0.15) is 0 Å². The molecular weight excluding hydrogens is 465 g/mol. The van der Waals surface area contributed by atoms with Crippen molar-refractivity contribution in [3.63, 3.8) is 0 Å². The fourth-order valence-electron chi connectivity index (χ4n) is 5.51. The molecule has 1 saturated carbocycles. The molecule has 1 aromatic rings. The molecule has 3 aliphatic rings. The molecule has 5 nitrogen and oxygen atoms in total. The molecule has 0 N–H and O–H groups in total. The monoisotopic (exact) mass is 492 g/mol. The SMILES string of the molecule is O=C(C1CCN(S(=O)(=O)c2ccc(Cl)c(C(F)(F)F)c2)CC1)N1CCCC1C1CCCC1. The van der Waals surface area contributed by atoms with Crippen molar-refractivity contribution >= 4 is 27.5 Å². The average Bonchev–Trinajstić information content (AvgIpc) is 3.44. The highest BCUT2D eigenvalue weighted by atomic mass is 35.5. The number of carbonyl (C=O) groups is 1. The van der Waals surface area contributed by atoms with Gasteiger partial charge in [-0.05, 0) is 62.6 Å². The van der Waals surface area contributed by atoms with Gasteiger partial charge in [0.2, 0.25) is 15.9 Å². The fraction of sp³-hybridized carbons (Fsp3) is 0.682. The predicted molar refractivity (Wildman–Crippen MR) is 115 cm³/mol. The molecular formula is C22H28ClF3N2O3S. The molecule has 1 unspecified atom stereocenters. The summed E-state index contributed by atoms with van der Waals surface area (Å²) in [5.74, 6) is 0.455. The molecule has 0 spiro atoms. The van der Waals surface area contributed by atoms with Crippen LogP contribution in [0, 0.1) is 11.8 Å². The smallest absolute Gasteiger partial charge is 0.339 e. The van der Waals surface area contributed by atoms with Gasteiger partial charge in [-0.25, -0.2) is 8.42 Å². The molecule has 1 amide bonds. The van der Waals surface area contributed by atoms with E-state index in [-0.39, 0.29) is 24.9 Å². The molecule has 4 rings (SSSR count). The van der Waals surface area contributed by atoms with E-state index >= 15 is 0 Å². The van der Waals surface area contributed by atoms with Crippen molar-refractivity contribution in [3.8, 4) is 0 Å². The lowest BCUT2D eigenvalue weighted by molar-refractivity contribution is -0.139. The van der Waals surface area contributed by atoms with E-state index in [1.165, 1.54) is 30.0 Å². The zero-order valence-electron chi connectivity index (χ0n) is 17.8. The largest absolute Gasteiger partial charge is 0.417 e. The van der Waals surface area contributed by atoms with Crippen molar-refractivity contribution in [1.29, 1.82) is 0 Å². The number of likely N-dealkylation sites (tertiary alicyclic amines) is 1. The van der Waals surface area contributed by atoms with Gasteiger partial charge < -0.3 is 4.90 Å². The summed E-state index contributed by atoms with van der Waals surface area (Å²) in [6.07, 6.45) is 2.86. The average molecular weight is 493 g/mol. The minimum atomic E-state index is -4.74. The lowest BCUT2D eigenvalue weighted by Crippen LogP contribution is -2.47. The molecule has 32 heavy (non-hydrogen) atoms. The Bertz CT molecular complexity index is 956. The van der Waals surface area contributed by atoms with E-state index in [9.17, 15) is 26.4 Å². The Labute approximate surface area is 191 Å². The molecule has 2 aliphatic heterocycles. The number of rotatable bonds is 4. The zero-order chi connectivity index (χ0) is 23.1. The Morgan fingerprint density at radius 3 is 2.25 bits per heavy atom. The Morgan fingerprint density at radius 2 is 1.62 bits per heavy atom. The standard InChI is InChI=1S/C22H28ClF3N2O3S/c23-19-8-7-17(14-18(19)22(24,25)26)32(30,31)27-12-9-16(10-13-27)21(29)28-11-3-6-20(28)15-4-1-2-5-15/h7-8,14-16,20H,1-6,9-13H2. The highest BCUT2D eigenvalue weighted by Crippen LogP contribution is 2.38. The van der Waals surface area contributed by atoms with Crippen LogP contribution < -0.4 is 0 Å². The number of piperidine rings is 1. The first-order valence-electron chi connectivity index (χ1n) is 11.3. The van der Waals surface area contributed by atoms with Crippen molar-refractivity contribution < 1.29 is 26.4 Å². The van der Waals surface area contributed by atoms with Crippen molar-refractivity contribution in [2.24, 2.45) is 11.8 Å². The van der Waals surface area contributed by atoms with Crippen LogP contribution >= 0.6 is 11.6 Å². The number of alkyl halides is 3. The third kappa shape index (κ3) is 4.66. The molecule has 3 fully saturated rings. The van der Waals surface area contributed by atoms with Gasteiger partial charge in [-0.1, -0.05) is 24.4 Å². The summed E-state index contributed by atoms with van der Waals surface area (Å²) < 4.78 is 66.6. The third-order valence-electron chi connectivity index (χ3n) is 7.21. The Balaban J connectivity index is 1.42. The normalized spacial score (nSPS) is 24.4. The Kier molecular flexibility index (Phi) is 6.81. The number of hydrogen-bond donors (Lipinski definition) is 0. The molecule has 0 bridgehead atoms. The van der Waals surface area contributed by atoms with Crippen LogP contribution in [-0.4, -0.2) is 49.2 Å². The van der Waals surface area contributed by atoms with E-state index in [1.807, 2.05) is 4.90 Å². The van der Waals surface area contributed by atoms with Gasteiger partial charge in [-0.3, -0.25) is 4.79 Å². The summed E-state index contributed by atoms with van der Waals surface area (Å²) in [6.45, 7) is 0.999. The van der Waals surface area contributed by atoms with Gasteiger partial charge >= 0.3 is 6.18 Å². The van der Waals surface area contributed by atoms with Gasteiger partial charge in [0.15, 0.2) is 0 Å². The number of hydrogen-bond acceptors (Lipinski definition) is 3. The number of nitrogens with zero attached hydrogens (tertiary/aromatic N) is 2. The molecule has 0 aromatic heterocycles. The van der Waals surface area contributed by atoms with Gasteiger partial charge in [-0.15, -0.1) is 0 Å². The summed E-state index contributed by atoms with van der Waals surface area (Å²) in [5.41, 5.74) is -1.17. The molecule has 2 saturated heterocycles. The number of carbonyl (C=O) groups excluding carboxylic acids is 1. The minimum Gasteiger partial charge on any atom is -0.339 e. The van der Waals surface area contributed by atoms with Crippen LogP contribution in [-0.2, 0) is 21.0 Å². The Morgan fingerprint density at radius 1 is 0.969 bits per heavy atom. The second kappa shape index (κ2) is 9.14. The van der Waals surface area contributed by atoms with E-state index in [4.69, 9.17) is 11.6 Å². The minimum absolute atomic E-state index is 0.113. The number of sulfonamides is 1. The van der Waals surface area contributed by atoms with Gasteiger partial charge in [0, 0.05) is 31.6 Å². The summed E-state index contributed by atoms with van der Waals surface area (Å²) in [7, 11) is -4.10. The molecule has 0 radical (unpaired) electrons. The van der Waals surface area contributed by atoms with Crippen LogP contribution in [0.3, 0.4) is 0 Å². The van der Waals surface area contributed by atoms with Gasteiger partial charge in [0.05, 0.1) is 15.5 Å². The van der Waals surface area contributed by atoms with Crippen LogP contribution in [0.4, 0.5) is 13.2 Å². The Hall–Kier alpha value is -1.32. The topological polar surface area (TPSA) is 57.7 Å². The predicted octanol–water partition coefficient (Wildman–Crippen LogP) is 4.94. The van der Waals surface area contributed by atoms with Crippen molar-refractivity contribution in [2.45, 2.75) is 68.5 Å². The first-order chi connectivity index (χ1) is 15.1. The third-order valence-corrected chi connectivity index (χ3v) is 9.43. The second-order valence-electron chi connectivity index (χ2n) is 9.10. The molecule has 2 heterocycles. The lowest BCUT2D eigenvalue weighted by atomic mass is 9.92. The van der Waals surface area contributed by atoms with E-state index < -0.39 is 31.7 Å². The first-order valence-corrected chi connectivity index (χ1v) is 13.1. The molecule has 10 heteroatoms. The van der Waals surface area contributed by atoms with Crippen LogP contribution in [0.1, 0.15) is 56.9 Å². The van der Waals surface area contributed by atoms with Crippen LogP contribution in [0.2, 0.25) is 5.02 Å². The van der Waals surface area contributed by atoms with Crippen LogP contribution in [0.5, 0.6) is 0 Å². The maximum atomic E-state index is 13.2. The fourth-order valence-corrected chi connectivity index (χ4v) is 7.23. The summed E-state index contributed by atoms with van der Waals surface area (Å²) in [6, 6.07) is 2.96. The summed E-state index contributed by atoms with van der Waals surface area (Å²) >= 11 is 5.62. The van der Waals surface area contributed by atoms with Crippen LogP contribution in [0.15, 0.2) is 23.1 Å². The first kappa shape index (κ1) is 23.8. The van der Waals surface area contributed by atoms with Crippen molar-refractivity contribution in [1.82, 2.24) is 9.21 Å². The van der Waals surface area contributed by atoms with Gasteiger partial charge in [-0.2, -0.15) is 17.5 Å². The highest BCUT2D eigenvalue weighted by molar-refractivity contribution is 7.89. The molecule has 1 aliphatic carbocycles. The molecule has 1 atom stereocenters. The molecule has 1 aromatic carbocycles. The maximum Gasteiger partial charge on any atom is 0.417 e. The number of halogens is 4. The maximum absolute atomic E-state index is 13.2. The summed E-state index contributed by atoms with van der Waals surface area (Å²) in [5, 5.41) is -0.539.